The lowest BCUT2D eigenvalue weighted by Crippen LogP contribution is -2.48. The standard InChI is InChI=1S/C15H16N4O2/c1-9(18-8-17)19-13-11-6-10(7-16)4-5-12(11)21-15(2,3)14(13)20/h4-6,13-14,20H,1-3H3,(H,18,19)/t13-,14-/m1/s1. The second kappa shape index (κ2) is 5.43. The molecule has 6 heteroatoms. The molecule has 0 spiro atoms. The van der Waals surface area contributed by atoms with Crippen LogP contribution in [-0.4, -0.2) is 22.6 Å². The molecule has 0 aliphatic carbocycles. The van der Waals surface area contributed by atoms with Gasteiger partial charge in [0.05, 0.1) is 11.6 Å². The molecule has 2 atom stereocenters. The number of hydrogen-bond acceptors (Lipinski definition) is 5. The van der Waals surface area contributed by atoms with Gasteiger partial charge in [0, 0.05) is 5.56 Å². The van der Waals surface area contributed by atoms with Crippen LogP contribution in [0.15, 0.2) is 23.2 Å². The van der Waals surface area contributed by atoms with Gasteiger partial charge in [-0.3, -0.25) is 10.3 Å². The summed E-state index contributed by atoms with van der Waals surface area (Å²) in [4.78, 5) is 4.36. The zero-order chi connectivity index (χ0) is 15.6. The normalized spacial score (nSPS) is 23.2. The van der Waals surface area contributed by atoms with Crippen LogP contribution in [0.2, 0.25) is 0 Å². The molecule has 0 radical (unpaired) electrons. The number of amidine groups is 1. The summed E-state index contributed by atoms with van der Waals surface area (Å²) in [7, 11) is 0. The van der Waals surface area contributed by atoms with Crippen LogP contribution in [0.1, 0.15) is 37.9 Å². The molecule has 1 aliphatic rings. The quantitative estimate of drug-likeness (QED) is 0.353. The van der Waals surface area contributed by atoms with Crippen LogP contribution < -0.4 is 10.1 Å². The Morgan fingerprint density at radius 3 is 2.76 bits per heavy atom. The molecule has 1 aromatic rings. The molecular formula is C15H16N4O2. The Labute approximate surface area is 123 Å². The third-order valence-corrected chi connectivity index (χ3v) is 3.41. The average molecular weight is 284 g/mol. The van der Waals surface area contributed by atoms with E-state index in [1.165, 1.54) is 0 Å². The summed E-state index contributed by atoms with van der Waals surface area (Å²) < 4.78 is 5.79. The van der Waals surface area contributed by atoms with Crippen molar-refractivity contribution in [1.29, 1.82) is 10.5 Å². The number of aliphatic imine (C=N–C) groups is 1. The number of benzene rings is 1. The minimum atomic E-state index is -0.894. The average Bonchev–Trinajstić information content (AvgIpc) is 2.43. The summed E-state index contributed by atoms with van der Waals surface area (Å²) in [5.41, 5.74) is 0.290. The largest absolute Gasteiger partial charge is 0.485 e. The highest BCUT2D eigenvalue weighted by molar-refractivity contribution is 5.81. The first-order valence-electron chi connectivity index (χ1n) is 6.49. The number of ether oxygens (including phenoxy) is 1. The van der Waals surface area contributed by atoms with Crippen molar-refractivity contribution in [2.75, 3.05) is 0 Å². The number of rotatable bonds is 1. The Morgan fingerprint density at radius 2 is 2.14 bits per heavy atom. The van der Waals surface area contributed by atoms with E-state index in [-0.39, 0.29) is 0 Å². The number of aliphatic hydroxyl groups is 1. The molecule has 0 saturated heterocycles. The topological polar surface area (TPSA) is 101 Å². The maximum absolute atomic E-state index is 10.5. The lowest BCUT2D eigenvalue weighted by molar-refractivity contribution is -0.0567. The number of hydrogen-bond donors (Lipinski definition) is 2. The van der Waals surface area contributed by atoms with Gasteiger partial charge in [0.2, 0.25) is 0 Å². The first-order chi connectivity index (χ1) is 9.89. The third kappa shape index (κ3) is 2.81. The SMILES string of the molecule is CC(=N[C@@H]1c2cc(C#N)ccc2OC(C)(C)[C@@H]1O)NC#N. The van der Waals surface area contributed by atoms with Crippen LogP contribution in [0.4, 0.5) is 0 Å². The van der Waals surface area contributed by atoms with Gasteiger partial charge >= 0.3 is 0 Å². The summed E-state index contributed by atoms with van der Waals surface area (Å²) in [5, 5.41) is 30.6. The highest BCUT2D eigenvalue weighted by Gasteiger charge is 2.43. The van der Waals surface area contributed by atoms with Crippen molar-refractivity contribution in [2.45, 2.75) is 38.5 Å². The maximum Gasteiger partial charge on any atom is 0.182 e. The van der Waals surface area contributed by atoms with Crippen molar-refractivity contribution in [1.82, 2.24) is 5.32 Å². The Hall–Kier alpha value is -2.57. The molecule has 2 N–H and O–H groups in total. The van der Waals surface area contributed by atoms with E-state index in [1.807, 2.05) is 0 Å². The van der Waals surface area contributed by atoms with E-state index in [0.29, 0.717) is 22.7 Å². The lowest BCUT2D eigenvalue weighted by Gasteiger charge is -2.40. The zero-order valence-electron chi connectivity index (χ0n) is 12.1. The smallest absolute Gasteiger partial charge is 0.182 e. The lowest BCUT2D eigenvalue weighted by atomic mass is 9.86. The Balaban J connectivity index is 2.55. The van der Waals surface area contributed by atoms with Gasteiger partial charge in [-0.15, -0.1) is 0 Å². The highest BCUT2D eigenvalue weighted by atomic mass is 16.5. The minimum absolute atomic E-state index is 0.396. The summed E-state index contributed by atoms with van der Waals surface area (Å²) in [6.45, 7) is 5.19. The Bertz CT molecular complexity index is 667. The molecule has 6 nitrogen and oxygen atoms in total. The highest BCUT2D eigenvalue weighted by Crippen LogP contribution is 2.42. The summed E-state index contributed by atoms with van der Waals surface area (Å²) in [5.74, 6) is 0.982. The molecule has 108 valence electrons. The molecule has 0 aromatic heterocycles. The predicted octanol–water partition coefficient (Wildman–Crippen LogP) is 1.62. The zero-order valence-corrected chi connectivity index (χ0v) is 12.1. The van der Waals surface area contributed by atoms with E-state index < -0.39 is 17.7 Å². The molecule has 0 fully saturated rings. The molecule has 0 amide bonds. The number of nitrogens with zero attached hydrogens (tertiary/aromatic N) is 3. The molecule has 0 unspecified atom stereocenters. The van der Waals surface area contributed by atoms with E-state index in [0.717, 1.165) is 0 Å². The van der Waals surface area contributed by atoms with E-state index in [9.17, 15) is 5.11 Å². The summed E-state index contributed by atoms with van der Waals surface area (Å²) in [6, 6.07) is 6.48. The molecule has 0 saturated carbocycles. The fourth-order valence-electron chi connectivity index (χ4n) is 2.30. The van der Waals surface area contributed by atoms with Crippen molar-refractivity contribution in [3.63, 3.8) is 0 Å². The van der Waals surface area contributed by atoms with E-state index in [1.54, 1.807) is 45.2 Å². The molecule has 0 bridgehead atoms. The summed E-state index contributed by atoms with van der Waals surface area (Å²) in [6.07, 6.45) is 0.899. The van der Waals surface area contributed by atoms with Gasteiger partial charge in [-0.1, -0.05) is 0 Å². The van der Waals surface area contributed by atoms with Crippen LogP contribution in [0.5, 0.6) is 5.75 Å². The van der Waals surface area contributed by atoms with E-state index in [4.69, 9.17) is 15.3 Å². The number of nitriles is 2. The van der Waals surface area contributed by atoms with Crippen molar-refractivity contribution in [3.05, 3.63) is 29.3 Å². The van der Waals surface area contributed by atoms with E-state index >= 15 is 0 Å². The van der Waals surface area contributed by atoms with Crippen LogP contribution in [0.3, 0.4) is 0 Å². The van der Waals surface area contributed by atoms with Crippen molar-refractivity contribution in [2.24, 2.45) is 4.99 Å². The van der Waals surface area contributed by atoms with Gasteiger partial charge in [-0.25, -0.2) is 0 Å². The molecule has 2 rings (SSSR count). The Kier molecular flexibility index (Phi) is 3.84. The van der Waals surface area contributed by atoms with Crippen molar-refractivity contribution in [3.8, 4) is 18.0 Å². The van der Waals surface area contributed by atoms with Crippen molar-refractivity contribution < 1.29 is 9.84 Å². The van der Waals surface area contributed by atoms with Crippen LogP contribution >= 0.6 is 0 Å². The Morgan fingerprint density at radius 1 is 1.43 bits per heavy atom. The van der Waals surface area contributed by atoms with Crippen LogP contribution in [0, 0.1) is 22.8 Å². The molecule has 1 heterocycles. The van der Waals surface area contributed by atoms with Crippen LogP contribution in [0.25, 0.3) is 0 Å². The van der Waals surface area contributed by atoms with Crippen molar-refractivity contribution >= 4 is 5.84 Å². The van der Waals surface area contributed by atoms with Gasteiger partial charge in [-0.05, 0) is 39.0 Å². The maximum atomic E-state index is 10.5. The molecule has 1 aromatic carbocycles. The molecular weight excluding hydrogens is 268 g/mol. The van der Waals surface area contributed by atoms with Crippen LogP contribution in [-0.2, 0) is 0 Å². The van der Waals surface area contributed by atoms with Gasteiger partial charge < -0.3 is 9.84 Å². The molecule has 1 aliphatic heterocycles. The second-order valence-electron chi connectivity index (χ2n) is 5.41. The molecule has 21 heavy (non-hydrogen) atoms. The fraction of sp³-hybridized carbons (Fsp3) is 0.400. The summed E-state index contributed by atoms with van der Waals surface area (Å²) >= 11 is 0. The van der Waals surface area contributed by atoms with E-state index in [2.05, 4.69) is 16.4 Å². The minimum Gasteiger partial charge on any atom is -0.485 e. The monoisotopic (exact) mass is 284 g/mol. The van der Waals surface area contributed by atoms with Gasteiger partial charge in [0.15, 0.2) is 6.19 Å². The number of aliphatic hydroxyl groups excluding tert-OH is 1. The van der Waals surface area contributed by atoms with Gasteiger partial charge in [0.25, 0.3) is 0 Å². The first-order valence-corrected chi connectivity index (χ1v) is 6.49. The fourth-order valence-corrected chi connectivity index (χ4v) is 2.30. The number of nitrogens with one attached hydrogen (secondary N) is 1. The third-order valence-electron chi connectivity index (χ3n) is 3.41. The second-order valence-corrected chi connectivity index (χ2v) is 5.41. The number of fused-ring (bicyclic) bond motifs is 1. The van der Waals surface area contributed by atoms with Gasteiger partial charge in [-0.2, -0.15) is 10.5 Å². The first kappa shape index (κ1) is 14.8. The van der Waals surface area contributed by atoms with Gasteiger partial charge in [0.1, 0.15) is 29.3 Å². The predicted molar refractivity (Wildman–Crippen MR) is 76.5 cm³/mol.